The number of hydrogen-bond acceptors (Lipinski definition) is 4. The van der Waals surface area contributed by atoms with E-state index in [1.807, 2.05) is 0 Å². The number of halogens is 1. The molecular formula is C10H13BrN4O. The number of aromatic nitrogens is 1. The van der Waals surface area contributed by atoms with E-state index < -0.39 is 0 Å². The van der Waals surface area contributed by atoms with Crippen LogP contribution in [0.15, 0.2) is 16.7 Å². The van der Waals surface area contributed by atoms with Crippen LogP contribution in [0.2, 0.25) is 0 Å². The normalized spacial score (nSPS) is 20.5. The first kappa shape index (κ1) is 11.3. The second-order valence-electron chi connectivity index (χ2n) is 3.86. The monoisotopic (exact) mass is 284 g/mol. The molecule has 1 saturated heterocycles. The third-order valence-corrected chi connectivity index (χ3v) is 3.11. The molecule has 4 N–H and O–H groups in total. The van der Waals surface area contributed by atoms with E-state index in [1.165, 1.54) is 0 Å². The highest BCUT2D eigenvalue weighted by Gasteiger charge is 2.31. The maximum absolute atomic E-state index is 11.8. The van der Waals surface area contributed by atoms with Gasteiger partial charge in [0.15, 0.2) is 5.82 Å². The minimum atomic E-state index is 0.0350. The molecule has 0 aliphatic carbocycles. The summed E-state index contributed by atoms with van der Waals surface area (Å²) in [4.78, 5) is 17.6. The van der Waals surface area contributed by atoms with E-state index in [9.17, 15) is 4.79 Å². The number of nitrogen functional groups attached to an aromatic ring is 1. The number of rotatable bonds is 2. The van der Waals surface area contributed by atoms with Gasteiger partial charge in [0.25, 0.3) is 0 Å². The van der Waals surface area contributed by atoms with E-state index in [4.69, 9.17) is 11.5 Å². The summed E-state index contributed by atoms with van der Waals surface area (Å²) >= 11 is 3.27. The van der Waals surface area contributed by atoms with E-state index in [-0.39, 0.29) is 11.8 Å². The van der Waals surface area contributed by atoms with Gasteiger partial charge in [-0.3, -0.25) is 9.69 Å². The summed E-state index contributed by atoms with van der Waals surface area (Å²) in [5.41, 5.74) is 11.9. The molecule has 86 valence electrons. The Labute approximate surface area is 102 Å². The molecule has 2 rings (SSSR count). The fourth-order valence-electron chi connectivity index (χ4n) is 1.80. The first-order valence-electron chi connectivity index (χ1n) is 5.04. The van der Waals surface area contributed by atoms with Gasteiger partial charge >= 0.3 is 0 Å². The van der Waals surface area contributed by atoms with E-state index in [0.29, 0.717) is 35.6 Å². The van der Waals surface area contributed by atoms with Crippen LogP contribution in [0, 0.1) is 5.92 Å². The summed E-state index contributed by atoms with van der Waals surface area (Å²) in [7, 11) is 0. The lowest BCUT2D eigenvalue weighted by Crippen LogP contribution is -2.27. The molecule has 1 aliphatic heterocycles. The zero-order chi connectivity index (χ0) is 11.7. The number of hydrogen-bond donors (Lipinski definition) is 2. The molecular weight excluding hydrogens is 272 g/mol. The molecule has 1 amide bonds. The van der Waals surface area contributed by atoms with Crippen molar-refractivity contribution in [2.24, 2.45) is 11.7 Å². The van der Waals surface area contributed by atoms with Crippen LogP contribution in [0.3, 0.4) is 0 Å². The van der Waals surface area contributed by atoms with E-state index in [2.05, 4.69) is 20.9 Å². The van der Waals surface area contributed by atoms with Crippen molar-refractivity contribution in [3.8, 4) is 0 Å². The molecule has 1 aromatic rings. The van der Waals surface area contributed by atoms with Gasteiger partial charge in [-0.1, -0.05) is 0 Å². The summed E-state index contributed by atoms with van der Waals surface area (Å²) in [5, 5.41) is 0. The second kappa shape index (κ2) is 4.39. The first-order valence-corrected chi connectivity index (χ1v) is 5.83. The van der Waals surface area contributed by atoms with Gasteiger partial charge in [0, 0.05) is 13.0 Å². The lowest BCUT2D eigenvalue weighted by molar-refractivity contribution is -0.117. The molecule has 2 heterocycles. The zero-order valence-electron chi connectivity index (χ0n) is 8.69. The van der Waals surface area contributed by atoms with Crippen LogP contribution >= 0.6 is 15.9 Å². The highest BCUT2D eigenvalue weighted by molar-refractivity contribution is 9.10. The standard InChI is InChI=1S/C10H13BrN4O/c11-8-2-1-7(13)10(14-8)15-5-6(4-12)3-9(15)16/h1-2,6H,3-5,12-13H2. The highest BCUT2D eigenvalue weighted by atomic mass is 79.9. The van der Waals surface area contributed by atoms with Crippen molar-refractivity contribution in [3.05, 3.63) is 16.7 Å². The highest BCUT2D eigenvalue weighted by Crippen LogP contribution is 2.28. The second-order valence-corrected chi connectivity index (χ2v) is 4.67. The number of amides is 1. The predicted molar refractivity (Wildman–Crippen MR) is 65.9 cm³/mol. The molecule has 0 aromatic carbocycles. The fourth-order valence-corrected chi connectivity index (χ4v) is 2.10. The smallest absolute Gasteiger partial charge is 0.228 e. The molecule has 0 saturated carbocycles. The van der Waals surface area contributed by atoms with Gasteiger partial charge in [0.1, 0.15) is 4.60 Å². The maximum atomic E-state index is 11.8. The van der Waals surface area contributed by atoms with Gasteiger partial charge in [-0.2, -0.15) is 0 Å². The Hall–Kier alpha value is -1.14. The minimum Gasteiger partial charge on any atom is -0.396 e. The van der Waals surface area contributed by atoms with Crippen LogP contribution in [-0.2, 0) is 4.79 Å². The van der Waals surface area contributed by atoms with Gasteiger partial charge in [0.2, 0.25) is 5.91 Å². The Bertz CT molecular complexity index is 423. The van der Waals surface area contributed by atoms with Crippen molar-refractivity contribution in [2.45, 2.75) is 6.42 Å². The van der Waals surface area contributed by atoms with Crippen molar-refractivity contribution < 1.29 is 4.79 Å². The Morgan fingerprint density at radius 1 is 1.56 bits per heavy atom. The summed E-state index contributed by atoms with van der Waals surface area (Å²) < 4.78 is 0.667. The third-order valence-electron chi connectivity index (χ3n) is 2.67. The van der Waals surface area contributed by atoms with E-state index in [1.54, 1.807) is 17.0 Å². The molecule has 1 aromatic heterocycles. The Morgan fingerprint density at radius 3 is 2.94 bits per heavy atom. The number of anilines is 2. The van der Waals surface area contributed by atoms with Gasteiger partial charge < -0.3 is 11.5 Å². The summed E-state index contributed by atoms with van der Waals surface area (Å²) in [5.74, 6) is 0.760. The van der Waals surface area contributed by atoms with E-state index in [0.717, 1.165) is 0 Å². The van der Waals surface area contributed by atoms with Crippen LogP contribution in [0.4, 0.5) is 11.5 Å². The molecule has 6 heteroatoms. The van der Waals surface area contributed by atoms with Gasteiger partial charge in [0.05, 0.1) is 5.69 Å². The van der Waals surface area contributed by atoms with Crippen molar-refractivity contribution in [1.82, 2.24) is 4.98 Å². The van der Waals surface area contributed by atoms with E-state index >= 15 is 0 Å². The zero-order valence-corrected chi connectivity index (χ0v) is 10.3. The summed E-state index contributed by atoms with van der Waals surface area (Å²) in [6.45, 7) is 1.11. The van der Waals surface area contributed by atoms with Gasteiger partial charge in [-0.25, -0.2) is 4.98 Å². The number of pyridine rings is 1. The molecule has 0 spiro atoms. The van der Waals surface area contributed by atoms with Crippen molar-refractivity contribution in [1.29, 1.82) is 0 Å². The largest absolute Gasteiger partial charge is 0.396 e. The minimum absolute atomic E-state index is 0.0350. The topological polar surface area (TPSA) is 85.2 Å². The van der Waals surface area contributed by atoms with Crippen LogP contribution < -0.4 is 16.4 Å². The Balaban J connectivity index is 2.30. The van der Waals surface area contributed by atoms with Gasteiger partial charge in [-0.15, -0.1) is 0 Å². The number of carbonyl (C=O) groups excluding carboxylic acids is 1. The summed E-state index contributed by atoms with van der Waals surface area (Å²) in [6.07, 6.45) is 0.476. The predicted octanol–water partition coefficient (Wildman–Crippen LogP) is 0.738. The van der Waals surface area contributed by atoms with Crippen LogP contribution in [0.1, 0.15) is 6.42 Å². The SMILES string of the molecule is NCC1CC(=O)N(c2nc(Br)ccc2N)C1. The maximum Gasteiger partial charge on any atom is 0.228 e. The average molecular weight is 285 g/mol. The molecule has 0 bridgehead atoms. The summed E-state index contributed by atoms with van der Waals surface area (Å²) in [6, 6.07) is 3.48. The lowest BCUT2D eigenvalue weighted by Gasteiger charge is -2.17. The lowest BCUT2D eigenvalue weighted by atomic mass is 10.1. The third kappa shape index (κ3) is 2.03. The van der Waals surface area contributed by atoms with Crippen LogP contribution in [0.25, 0.3) is 0 Å². The first-order chi connectivity index (χ1) is 7.61. The molecule has 1 atom stereocenters. The number of nitrogens with two attached hydrogens (primary N) is 2. The molecule has 0 radical (unpaired) electrons. The molecule has 5 nitrogen and oxygen atoms in total. The number of carbonyl (C=O) groups is 1. The molecule has 1 unspecified atom stereocenters. The van der Waals surface area contributed by atoms with Crippen molar-refractivity contribution >= 4 is 33.3 Å². The Morgan fingerprint density at radius 2 is 2.31 bits per heavy atom. The van der Waals surface area contributed by atoms with Crippen LogP contribution in [-0.4, -0.2) is 24.0 Å². The number of nitrogens with zero attached hydrogens (tertiary/aromatic N) is 2. The quantitative estimate of drug-likeness (QED) is 0.785. The van der Waals surface area contributed by atoms with Crippen LogP contribution in [0.5, 0.6) is 0 Å². The van der Waals surface area contributed by atoms with Crippen molar-refractivity contribution in [2.75, 3.05) is 23.7 Å². The van der Waals surface area contributed by atoms with Gasteiger partial charge in [-0.05, 0) is 40.5 Å². The Kier molecular flexibility index (Phi) is 3.11. The molecule has 16 heavy (non-hydrogen) atoms. The fraction of sp³-hybridized carbons (Fsp3) is 0.400. The molecule has 1 aliphatic rings. The van der Waals surface area contributed by atoms with Crippen molar-refractivity contribution in [3.63, 3.8) is 0 Å². The average Bonchev–Trinajstić information content (AvgIpc) is 2.63. The molecule has 1 fully saturated rings.